The van der Waals surface area contributed by atoms with Crippen LogP contribution in [0.15, 0.2) is 78.9 Å². The number of likely N-dealkylation sites (tertiary alicyclic amines) is 1. The van der Waals surface area contributed by atoms with Gasteiger partial charge in [-0.2, -0.15) is 0 Å². The number of aliphatic hydroxyl groups is 1. The third kappa shape index (κ3) is 7.00. The zero-order valence-corrected chi connectivity index (χ0v) is 21.6. The smallest absolute Gasteiger partial charge is 0.410 e. The average molecular weight is 535 g/mol. The Bertz CT molecular complexity index is 1300. The predicted octanol–water partition coefficient (Wildman–Crippen LogP) is 3.76. The van der Waals surface area contributed by atoms with E-state index in [0.29, 0.717) is 12.0 Å². The number of ether oxygens (including phenoxy) is 1. The zero-order valence-electron chi connectivity index (χ0n) is 21.6. The zero-order chi connectivity index (χ0) is 27.9. The highest BCUT2D eigenvalue weighted by atomic mass is 19.1. The molecular formula is C30H31FN2O6. The highest BCUT2D eigenvalue weighted by molar-refractivity contribution is 5.89. The number of hydrogen-bond donors (Lipinski definition) is 2. The van der Waals surface area contributed by atoms with E-state index in [4.69, 9.17) is 4.74 Å². The van der Waals surface area contributed by atoms with Gasteiger partial charge in [-0.3, -0.25) is 14.5 Å². The molecule has 3 aromatic rings. The number of amides is 2. The van der Waals surface area contributed by atoms with Crippen LogP contribution in [0.5, 0.6) is 0 Å². The van der Waals surface area contributed by atoms with Crippen molar-refractivity contribution in [3.63, 3.8) is 0 Å². The number of carbonyl (C=O) groups is 3. The van der Waals surface area contributed by atoms with E-state index in [1.54, 1.807) is 24.3 Å². The molecule has 3 aromatic carbocycles. The van der Waals surface area contributed by atoms with Crippen molar-refractivity contribution < 1.29 is 33.7 Å². The lowest BCUT2D eigenvalue weighted by Crippen LogP contribution is -2.53. The summed E-state index contributed by atoms with van der Waals surface area (Å²) in [6, 6.07) is 20.8. The van der Waals surface area contributed by atoms with Crippen LogP contribution >= 0.6 is 0 Å². The van der Waals surface area contributed by atoms with E-state index < -0.39 is 48.4 Å². The number of hydrogen-bond acceptors (Lipinski definition) is 5. The predicted molar refractivity (Wildman–Crippen MR) is 141 cm³/mol. The molecule has 2 amide bonds. The van der Waals surface area contributed by atoms with Crippen LogP contribution in [0.25, 0.3) is 0 Å². The van der Waals surface area contributed by atoms with Crippen molar-refractivity contribution in [1.29, 1.82) is 0 Å². The summed E-state index contributed by atoms with van der Waals surface area (Å²) in [5.41, 5.74) is 3.25. The summed E-state index contributed by atoms with van der Waals surface area (Å²) in [5, 5.41) is 20.8. The van der Waals surface area contributed by atoms with Crippen LogP contribution in [-0.2, 0) is 27.4 Å². The van der Waals surface area contributed by atoms with Gasteiger partial charge in [0.1, 0.15) is 25.0 Å². The fourth-order valence-electron chi connectivity index (χ4n) is 4.87. The number of rotatable bonds is 9. The molecule has 204 valence electrons. The van der Waals surface area contributed by atoms with Crippen molar-refractivity contribution in [3.05, 3.63) is 107 Å². The van der Waals surface area contributed by atoms with E-state index in [0.717, 1.165) is 26.5 Å². The number of aryl methyl sites for hydroxylation is 1. The van der Waals surface area contributed by atoms with E-state index in [9.17, 15) is 29.0 Å². The molecule has 0 radical (unpaired) electrons. The van der Waals surface area contributed by atoms with Crippen molar-refractivity contribution >= 4 is 18.0 Å². The minimum atomic E-state index is -1.37. The first-order valence-electron chi connectivity index (χ1n) is 12.7. The Morgan fingerprint density at radius 1 is 1.00 bits per heavy atom. The summed E-state index contributed by atoms with van der Waals surface area (Å²) in [5.74, 6) is -3.07. The molecule has 0 aliphatic carbocycles. The number of halogens is 1. The van der Waals surface area contributed by atoms with Gasteiger partial charge in [0.25, 0.3) is 0 Å². The normalized spacial score (nSPS) is 18.5. The van der Waals surface area contributed by atoms with Gasteiger partial charge in [-0.05, 0) is 42.2 Å². The van der Waals surface area contributed by atoms with Crippen LogP contribution in [0.3, 0.4) is 0 Å². The quantitative estimate of drug-likeness (QED) is 0.433. The number of nitrogens with zero attached hydrogens (tertiary/aromatic N) is 2. The van der Waals surface area contributed by atoms with E-state index >= 15 is 0 Å². The van der Waals surface area contributed by atoms with Crippen LogP contribution < -0.4 is 0 Å². The van der Waals surface area contributed by atoms with Crippen LogP contribution in [0.4, 0.5) is 9.18 Å². The number of carboxylic acids is 1. The standard InChI is InChI=1S/C30H31FN2O6/c1-20-6-5-9-21(16-20)14-15-32(18-26(34)35)29(37)27-28(36)25(23-10-12-24(31)13-11-23)17-33(27)30(38)39-19-22-7-3-2-4-8-22/h2-13,16,25,27-28,36H,14-15,17-19H2,1H3,(H,34,35)/t25-,27+,28-/m0/s1. The van der Waals surface area contributed by atoms with E-state index in [1.165, 1.54) is 24.3 Å². The third-order valence-corrected chi connectivity index (χ3v) is 6.85. The Balaban J connectivity index is 1.59. The third-order valence-electron chi connectivity index (χ3n) is 6.85. The Morgan fingerprint density at radius 2 is 1.69 bits per heavy atom. The van der Waals surface area contributed by atoms with E-state index in [1.807, 2.05) is 37.3 Å². The SMILES string of the molecule is Cc1cccc(CCN(CC(=O)O)C(=O)[C@H]2[C@@H](O)[C@H](c3ccc(F)cc3)CN2C(=O)OCc2ccccc2)c1. The highest BCUT2D eigenvalue weighted by Gasteiger charge is 2.49. The molecule has 0 spiro atoms. The van der Waals surface area contributed by atoms with Crippen molar-refractivity contribution in [2.45, 2.75) is 38.0 Å². The molecule has 1 heterocycles. The average Bonchev–Trinajstić information content (AvgIpc) is 3.27. The molecule has 8 nitrogen and oxygen atoms in total. The summed E-state index contributed by atoms with van der Waals surface area (Å²) in [7, 11) is 0. The van der Waals surface area contributed by atoms with Gasteiger partial charge < -0.3 is 19.8 Å². The van der Waals surface area contributed by atoms with Gasteiger partial charge in [-0.25, -0.2) is 9.18 Å². The largest absolute Gasteiger partial charge is 0.480 e. The Kier molecular flexibility index (Phi) is 8.93. The minimum Gasteiger partial charge on any atom is -0.480 e. The molecule has 3 atom stereocenters. The van der Waals surface area contributed by atoms with Gasteiger partial charge in [-0.15, -0.1) is 0 Å². The second kappa shape index (κ2) is 12.5. The van der Waals surface area contributed by atoms with Gasteiger partial charge in [0.15, 0.2) is 0 Å². The van der Waals surface area contributed by atoms with Crippen molar-refractivity contribution in [2.24, 2.45) is 0 Å². The molecule has 9 heteroatoms. The molecule has 1 aliphatic rings. The molecule has 0 saturated carbocycles. The molecule has 1 fully saturated rings. The van der Waals surface area contributed by atoms with Crippen molar-refractivity contribution in [1.82, 2.24) is 9.80 Å². The number of aliphatic hydroxyl groups excluding tert-OH is 1. The maximum atomic E-state index is 13.8. The fraction of sp³-hybridized carbons (Fsp3) is 0.300. The van der Waals surface area contributed by atoms with Crippen molar-refractivity contribution in [3.8, 4) is 0 Å². The lowest BCUT2D eigenvalue weighted by atomic mass is 9.93. The lowest BCUT2D eigenvalue weighted by molar-refractivity contribution is -0.147. The molecule has 0 aromatic heterocycles. The van der Waals surface area contributed by atoms with Gasteiger partial charge in [-0.1, -0.05) is 72.3 Å². The second-order valence-electron chi connectivity index (χ2n) is 9.68. The summed E-state index contributed by atoms with van der Waals surface area (Å²) < 4.78 is 19.0. The summed E-state index contributed by atoms with van der Waals surface area (Å²) >= 11 is 0. The van der Waals surface area contributed by atoms with Crippen LogP contribution in [-0.4, -0.2) is 69.8 Å². The van der Waals surface area contributed by atoms with Crippen LogP contribution in [0.1, 0.15) is 28.2 Å². The first kappa shape index (κ1) is 27.8. The van der Waals surface area contributed by atoms with E-state index in [2.05, 4.69) is 0 Å². The number of benzene rings is 3. The van der Waals surface area contributed by atoms with Gasteiger partial charge in [0, 0.05) is 19.0 Å². The molecule has 2 N–H and O–H groups in total. The Labute approximate surface area is 226 Å². The molecular weight excluding hydrogens is 503 g/mol. The summed E-state index contributed by atoms with van der Waals surface area (Å²) in [4.78, 5) is 41.0. The Morgan fingerprint density at radius 3 is 2.36 bits per heavy atom. The van der Waals surface area contributed by atoms with E-state index in [-0.39, 0.29) is 19.7 Å². The summed E-state index contributed by atoms with van der Waals surface area (Å²) in [6.07, 6.45) is -1.78. The van der Waals surface area contributed by atoms with Crippen LogP contribution in [0.2, 0.25) is 0 Å². The van der Waals surface area contributed by atoms with Crippen molar-refractivity contribution in [2.75, 3.05) is 19.6 Å². The minimum absolute atomic E-state index is 0.0411. The Hall–Kier alpha value is -4.24. The van der Waals surface area contributed by atoms with Crippen LogP contribution in [0, 0.1) is 12.7 Å². The highest BCUT2D eigenvalue weighted by Crippen LogP contribution is 2.34. The molecule has 39 heavy (non-hydrogen) atoms. The first-order valence-corrected chi connectivity index (χ1v) is 12.7. The first-order chi connectivity index (χ1) is 18.7. The molecule has 1 saturated heterocycles. The number of carbonyl (C=O) groups excluding carboxylic acids is 2. The second-order valence-corrected chi connectivity index (χ2v) is 9.68. The summed E-state index contributed by atoms with van der Waals surface area (Å²) in [6.45, 7) is 1.32. The van der Waals surface area contributed by atoms with Gasteiger partial charge in [0.05, 0.1) is 6.10 Å². The maximum absolute atomic E-state index is 13.8. The van der Waals surface area contributed by atoms with Gasteiger partial charge in [0.2, 0.25) is 5.91 Å². The molecule has 0 unspecified atom stereocenters. The molecule has 4 rings (SSSR count). The number of aliphatic carboxylic acids is 1. The van der Waals surface area contributed by atoms with Gasteiger partial charge >= 0.3 is 12.1 Å². The number of carboxylic acid groups (broad SMARTS) is 1. The lowest BCUT2D eigenvalue weighted by Gasteiger charge is -2.30. The maximum Gasteiger partial charge on any atom is 0.410 e. The monoisotopic (exact) mass is 534 g/mol. The topological polar surface area (TPSA) is 107 Å². The fourth-order valence-corrected chi connectivity index (χ4v) is 4.87. The molecule has 0 bridgehead atoms. The molecule has 1 aliphatic heterocycles.